The molecule has 7 nitrogen and oxygen atoms in total. The number of hydrogen-bond acceptors (Lipinski definition) is 3. The zero-order valence-corrected chi connectivity index (χ0v) is 17.5. The second-order valence-corrected chi connectivity index (χ2v) is 6.72. The lowest BCUT2D eigenvalue weighted by atomic mass is 10.1. The van der Waals surface area contributed by atoms with E-state index in [0.717, 1.165) is 17.7 Å². The van der Waals surface area contributed by atoms with Gasteiger partial charge < -0.3 is 20.9 Å². The molecule has 0 bridgehead atoms. The highest BCUT2D eigenvalue weighted by Crippen LogP contribution is 2.08. The maximum atomic E-state index is 12.0. The zero-order valence-electron chi connectivity index (χ0n) is 17.5. The van der Waals surface area contributed by atoms with Crippen LogP contribution in [0.5, 0.6) is 0 Å². The molecule has 2 amide bonds. The van der Waals surface area contributed by atoms with Crippen molar-refractivity contribution in [2.45, 2.75) is 20.0 Å². The van der Waals surface area contributed by atoms with Gasteiger partial charge >= 0.3 is 0 Å². The minimum Gasteiger partial charge on any atom is -0.357 e. The number of benzene rings is 2. The number of nitrogens with zero attached hydrogens (tertiary/aromatic N) is 2. The quantitative estimate of drug-likeness (QED) is 0.494. The van der Waals surface area contributed by atoms with Crippen molar-refractivity contribution in [3.05, 3.63) is 70.8 Å². The lowest BCUT2D eigenvalue weighted by Gasteiger charge is -2.13. The van der Waals surface area contributed by atoms with Crippen LogP contribution in [0.2, 0.25) is 0 Å². The van der Waals surface area contributed by atoms with E-state index in [0.29, 0.717) is 30.2 Å². The summed E-state index contributed by atoms with van der Waals surface area (Å²) in [4.78, 5) is 29.9. The van der Waals surface area contributed by atoms with Crippen molar-refractivity contribution in [1.82, 2.24) is 20.9 Å². The van der Waals surface area contributed by atoms with E-state index in [4.69, 9.17) is 0 Å². The standard InChI is InChI=1S/C22H29N5O2/c1-5-24-22(26-15-17-7-6-8-19(13-17)20(28)23-2)25-14-16-9-11-18(12-10-16)21(29)27(3)4/h6-13H,5,14-15H2,1-4H3,(H,23,28)(H2,24,25,26). The summed E-state index contributed by atoms with van der Waals surface area (Å²) in [7, 11) is 5.09. The van der Waals surface area contributed by atoms with Gasteiger partial charge in [-0.05, 0) is 42.3 Å². The van der Waals surface area contributed by atoms with Crippen LogP contribution in [0.25, 0.3) is 0 Å². The molecule has 2 rings (SSSR count). The highest BCUT2D eigenvalue weighted by molar-refractivity contribution is 5.94. The summed E-state index contributed by atoms with van der Waals surface area (Å²) in [6.07, 6.45) is 0. The number of hydrogen-bond donors (Lipinski definition) is 3. The molecule has 3 N–H and O–H groups in total. The van der Waals surface area contributed by atoms with Gasteiger partial charge in [0.1, 0.15) is 0 Å². The molecular formula is C22H29N5O2. The topological polar surface area (TPSA) is 85.8 Å². The zero-order chi connectivity index (χ0) is 21.2. The molecule has 0 aromatic heterocycles. The Morgan fingerprint density at radius 3 is 2.31 bits per heavy atom. The average Bonchev–Trinajstić information content (AvgIpc) is 2.75. The van der Waals surface area contributed by atoms with Crippen molar-refractivity contribution in [2.24, 2.45) is 4.99 Å². The molecule has 0 saturated carbocycles. The maximum absolute atomic E-state index is 12.0. The van der Waals surface area contributed by atoms with E-state index in [-0.39, 0.29) is 11.8 Å². The first-order valence-corrected chi connectivity index (χ1v) is 9.58. The average molecular weight is 396 g/mol. The molecular weight excluding hydrogens is 366 g/mol. The monoisotopic (exact) mass is 395 g/mol. The Morgan fingerprint density at radius 1 is 0.966 bits per heavy atom. The molecule has 0 spiro atoms. The highest BCUT2D eigenvalue weighted by Gasteiger charge is 2.07. The molecule has 0 atom stereocenters. The van der Waals surface area contributed by atoms with Crippen molar-refractivity contribution < 1.29 is 9.59 Å². The number of carbonyl (C=O) groups is 2. The minimum atomic E-state index is -0.114. The van der Waals surface area contributed by atoms with Gasteiger partial charge in [-0.25, -0.2) is 4.99 Å². The molecule has 0 fully saturated rings. The minimum absolute atomic E-state index is 0.0154. The highest BCUT2D eigenvalue weighted by atomic mass is 16.2. The van der Waals surface area contributed by atoms with Crippen molar-refractivity contribution in [3.63, 3.8) is 0 Å². The summed E-state index contributed by atoms with van der Waals surface area (Å²) in [5.74, 6) is 0.557. The lowest BCUT2D eigenvalue weighted by molar-refractivity contribution is 0.0827. The fourth-order valence-electron chi connectivity index (χ4n) is 2.68. The number of aliphatic imine (C=N–C) groups is 1. The van der Waals surface area contributed by atoms with E-state index >= 15 is 0 Å². The molecule has 2 aromatic rings. The van der Waals surface area contributed by atoms with Crippen LogP contribution in [0.3, 0.4) is 0 Å². The fourth-order valence-corrected chi connectivity index (χ4v) is 2.68. The summed E-state index contributed by atoms with van der Waals surface area (Å²) in [5.41, 5.74) is 3.28. The van der Waals surface area contributed by atoms with Crippen LogP contribution in [0.15, 0.2) is 53.5 Å². The van der Waals surface area contributed by atoms with Crippen molar-refractivity contribution >= 4 is 17.8 Å². The second kappa shape index (κ2) is 10.8. The van der Waals surface area contributed by atoms with Crippen molar-refractivity contribution in [2.75, 3.05) is 27.7 Å². The Kier molecular flexibility index (Phi) is 8.21. The molecule has 29 heavy (non-hydrogen) atoms. The van der Waals surface area contributed by atoms with Crippen molar-refractivity contribution in [1.29, 1.82) is 0 Å². The number of nitrogens with one attached hydrogen (secondary N) is 3. The first-order valence-electron chi connectivity index (χ1n) is 9.58. The fraction of sp³-hybridized carbons (Fsp3) is 0.318. The van der Waals surface area contributed by atoms with Gasteiger partial charge in [0.05, 0.1) is 6.54 Å². The molecule has 0 saturated heterocycles. The van der Waals surface area contributed by atoms with Gasteiger partial charge in [-0.15, -0.1) is 0 Å². The van der Waals surface area contributed by atoms with E-state index in [1.54, 1.807) is 32.1 Å². The third-order valence-electron chi connectivity index (χ3n) is 4.25. The van der Waals surface area contributed by atoms with Crippen LogP contribution in [-0.2, 0) is 13.1 Å². The normalized spacial score (nSPS) is 11.0. The predicted octanol–water partition coefficient (Wildman–Crippen LogP) is 2.00. The van der Waals surface area contributed by atoms with Crippen LogP contribution >= 0.6 is 0 Å². The van der Waals surface area contributed by atoms with Gasteiger partial charge in [-0.1, -0.05) is 24.3 Å². The van der Waals surface area contributed by atoms with Gasteiger partial charge in [0, 0.05) is 45.4 Å². The second-order valence-electron chi connectivity index (χ2n) is 6.72. The summed E-state index contributed by atoms with van der Waals surface area (Å²) in [5, 5.41) is 9.13. The molecule has 0 aliphatic carbocycles. The first kappa shape index (κ1) is 21.9. The van der Waals surface area contributed by atoms with Gasteiger partial charge in [0.2, 0.25) is 0 Å². The molecule has 7 heteroatoms. The third-order valence-corrected chi connectivity index (χ3v) is 4.25. The van der Waals surface area contributed by atoms with E-state index < -0.39 is 0 Å². The predicted molar refractivity (Wildman–Crippen MR) is 116 cm³/mol. The summed E-state index contributed by atoms with van der Waals surface area (Å²) in [6.45, 7) is 3.78. The number of carbonyl (C=O) groups excluding carboxylic acids is 2. The van der Waals surface area contributed by atoms with E-state index in [9.17, 15) is 9.59 Å². The molecule has 2 aromatic carbocycles. The summed E-state index contributed by atoms with van der Waals surface area (Å²) < 4.78 is 0. The van der Waals surface area contributed by atoms with E-state index in [1.807, 2.05) is 49.4 Å². The van der Waals surface area contributed by atoms with E-state index in [2.05, 4.69) is 20.9 Å². The molecule has 154 valence electrons. The van der Waals surface area contributed by atoms with Crippen LogP contribution in [0, 0.1) is 0 Å². The maximum Gasteiger partial charge on any atom is 0.253 e. The van der Waals surface area contributed by atoms with Gasteiger partial charge in [-0.3, -0.25) is 9.59 Å². The van der Waals surface area contributed by atoms with Gasteiger partial charge in [0.25, 0.3) is 11.8 Å². The molecule has 0 radical (unpaired) electrons. The van der Waals surface area contributed by atoms with Crippen molar-refractivity contribution in [3.8, 4) is 0 Å². The smallest absolute Gasteiger partial charge is 0.253 e. The number of rotatable bonds is 7. The molecule has 0 unspecified atom stereocenters. The van der Waals surface area contributed by atoms with E-state index in [1.165, 1.54) is 0 Å². The third kappa shape index (κ3) is 6.64. The molecule has 0 aliphatic rings. The summed E-state index contributed by atoms with van der Waals surface area (Å²) in [6, 6.07) is 14.9. The Bertz CT molecular complexity index is 860. The molecule has 0 heterocycles. The van der Waals surface area contributed by atoms with Gasteiger partial charge in [0.15, 0.2) is 5.96 Å². The van der Waals surface area contributed by atoms with Crippen LogP contribution in [0.4, 0.5) is 0 Å². The lowest BCUT2D eigenvalue weighted by Crippen LogP contribution is -2.36. The largest absolute Gasteiger partial charge is 0.357 e. The van der Waals surface area contributed by atoms with Crippen LogP contribution in [-0.4, -0.2) is 50.4 Å². The van der Waals surface area contributed by atoms with Crippen LogP contribution < -0.4 is 16.0 Å². The van der Waals surface area contributed by atoms with Crippen LogP contribution in [0.1, 0.15) is 38.8 Å². The Hall–Kier alpha value is -3.35. The summed E-state index contributed by atoms with van der Waals surface area (Å²) >= 11 is 0. The van der Waals surface area contributed by atoms with Gasteiger partial charge in [-0.2, -0.15) is 0 Å². The molecule has 0 aliphatic heterocycles. The Labute approximate surface area is 172 Å². The SMILES string of the molecule is CCNC(=NCc1cccc(C(=O)NC)c1)NCc1ccc(C(=O)N(C)C)cc1. The first-order chi connectivity index (χ1) is 13.9. The Balaban J connectivity index is 2.01. The number of amides is 2. The Morgan fingerprint density at radius 2 is 1.69 bits per heavy atom. The number of guanidine groups is 1.